The highest BCUT2D eigenvalue weighted by Crippen LogP contribution is 2.48. The maximum Gasteiger partial charge on any atom is 0.322 e. The van der Waals surface area contributed by atoms with Crippen molar-refractivity contribution in [2.45, 2.75) is 58.6 Å². The number of carboxylic acids is 1. The molecule has 0 unspecified atom stereocenters. The standard InChI is InChI=1S/C26H31N3O5/c1-6-33-19-10-15-11-25(2,3)29-22(21(15)17-12-26(4,5)34-23(17)19)14-7-8-16(18(27)9-14)24(32)28-13-20(30)31/h7-10H,6,11-13,27H2,1-5H3,(H,28,32)(H,30,31). The third-order valence-electron chi connectivity index (χ3n) is 5.95. The van der Waals surface area contributed by atoms with Crippen molar-refractivity contribution in [3.8, 4) is 11.5 Å². The predicted molar refractivity (Wildman–Crippen MR) is 130 cm³/mol. The summed E-state index contributed by atoms with van der Waals surface area (Å²) in [6.07, 6.45) is 1.47. The quantitative estimate of drug-likeness (QED) is 0.562. The number of fused-ring (bicyclic) bond motifs is 3. The second-order valence-electron chi connectivity index (χ2n) is 10.0. The van der Waals surface area contributed by atoms with Crippen LogP contribution in [0.4, 0.5) is 5.69 Å². The molecule has 0 aromatic heterocycles. The number of nitrogen functional groups attached to an aromatic ring is 1. The highest BCUT2D eigenvalue weighted by Gasteiger charge is 2.39. The fourth-order valence-corrected chi connectivity index (χ4v) is 4.71. The van der Waals surface area contributed by atoms with Crippen molar-refractivity contribution in [3.63, 3.8) is 0 Å². The zero-order valence-corrected chi connectivity index (χ0v) is 20.2. The molecule has 2 aliphatic heterocycles. The largest absolute Gasteiger partial charge is 0.490 e. The van der Waals surface area contributed by atoms with E-state index in [9.17, 15) is 9.59 Å². The Kier molecular flexibility index (Phi) is 5.79. The van der Waals surface area contributed by atoms with Gasteiger partial charge in [0.15, 0.2) is 11.5 Å². The minimum absolute atomic E-state index is 0.224. The number of hydrogen-bond acceptors (Lipinski definition) is 6. The van der Waals surface area contributed by atoms with Crippen LogP contribution in [0.15, 0.2) is 29.3 Å². The Morgan fingerprint density at radius 1 is 1.21 bits per heavy atom. The highest BCUT2D eigenvalue weighted by atomic mass is 16.5. The first kappa shape index (κ1) is 23.6. The van der Waals surface area contributed by atoms with Crippen LogP contribution >= 0.6 is 0 Å². The molecular weight excluding hydrogens is 434 g/mol. The van der Waals surface area contributed by atoms with E-state index in [0.29, 0.717) is 6.61 Å². The Bertz CT molecular complexity index is 1210. The first-order chi connectivity index (χ1) is 15.9. The molecule has 0 aliphatic carbocycles. The van der Waals surface area contributed by atoms with Gasteiger partial charge in [-0.25, -0.2) is 0 Å². The van der Waals surface area contributed by atoms with Crippen LogP contribution in [-0.2, 0) is 17.6 Å². The maximum absolute atomic E-state index is 12.4. The molecule has 0 spiro atoms. The van der Waals surface area contributed by atoms with Crippen molar-refractivity contribution in [1.82, 2.24) is 5.32 Å². The van der Waals surface area contributed by atoms with Crippen LogP contribution in [-0.4, -0.2) is 47.0 Å². The zero-order valence-electron chi connectivity index (χ0n) is 20.2. The highest BCUT2D eigenvalue weighted by molar-refractivity contribution is 6.17. The van der Waals surface area contributed by atoms with Crippen molar-refractivity contribution >= 4 is 23.3 Å². The number of benzene rings is 2. The Labute approximate surface area is 199 Å². The lowest BCUT2D eigenvalue weighted by Crippen LogP contribution is -2.31. The number of nitrogens with two attached hydrogens (primary N) is 1. The van der Waals surface area contributed by atoms with Crippen molar-refractivity contribution in [2.75, 3.05) is 18.9 Å². The van der Waals surface area contributed by atoms with Crippen molar-refractivity contribution in [3.05, 3.63) is 52.1 Å². The normalized spacial score (nSPS) is 17.1. The van der Waals surface area contributed by atoms with Crippen molar-refractivity contribution in [1.29, 1.82) is 0 Å². The van der Waals surface area contributed by atoms with Crippen molar-refractivity contribution in [2.24, 2.45) is 4.99 Å². The van der Waals surface area contributed by atoms with Gasteiger partial charge in [0, 0.05) is 28.8 Å². The van der Waals surface area contributed by atoms with E-state index in [0.717, 1.165) is 52.3 Å². The average molecular weight is 466 g/mol. The molecule has 2 aromatic carbocycles. The minimum Gasteiger partial charge on any atom is -0.490 e. The molecule has 180 valence electrons. The average Bonchev–Trinajstić information content (AvgIpc) is 3.06. The summed E-state index contributed by atoms with van der Waals surface area (Å²) in [5.74, 6) is -0.140. The summed E-state index contributed by atoms with van der Waals surface area (Å²) in [5.41, 5.74) is 10.8. The third kappa shape index (κ3) is 4.44. The number of carboxylic acid groups (broad SMARTS) is 1. The maximum atomic E-state index is 12.4. The predicted octanol–water partition coefficient (Wildman–Crippen LogP) is 3.37. The molecular formula is C26H31N3O5. The lowest BCUT2D eigenvalue weighted by Gasteiger charge is -2.31. The number of rotatable bonds is 6. The fraction of sp³-hybridized carbons (Fsp3) is 0.423. The lowest BCUT2D eigenvalue weighted by atomic mass is 9.80. The van der Waals surface area contributed by atoms with Gasteiger partial charge in [0.05, 0.1) is 23.4 Å². The number of nitrogens with zero attached hydrogens (tertiary/aromatic N) is 1. The number of carbonyl (C=O) groups excluding carboxylic acids is 1. The topological polar surface area (TPSA) is 123 Å². The number of aliphatic imine (C=N–C) groups is 1. The van der Waals surface area contributed by atoms with Crippen molar-refractivity contribution < 1.29 is 24.2 Å². The van der Waals surface area contributed by atoms with Crippen LogP contribution in [0.5, 0.6) is 11.5 Å². The van der Waals surface area contributed by atoms with Gasteiger partial charge in [0.25, 0.3) is 5.91 Å². The number of aliphatic carboxylic acids is 1. The van der Waals surface area contributed by atoms with Gasteiger partial charge in [-0.2, -0.15) is 0 Å². The van der Waals surface area contributed by atoms with Gasteiger partial charge in [-0.15, -0.1) is 0 Å². The number of anilines is 1. The molecule has 0 fully saturated rings. The van der Waals surface area contributed by atoms with Gasteiger partial charge >= 0.3 is 5.97 Å². The first-order valence-electron chi connectivity index (χ1n) is 11.4. The molecule has 0 bridgehead atoms. The summed E-state index contributed by atoms with van der Waals surface area (Å²) in [6.45, 7) is 10.3. The lowest BCUT2D eigenvalue weighted by molar-refractivity contribution is -0.135. The van der Waals surface area contributed by atoms with Crippen LogP contribution in [0, 0.1) is 0 Å². The molecule has 1 amide bonds. The van der Waals surface area contributed by atoms with Crippen LogP contribution in [0.25, 0.3) is 0 Å². The van der Waals surface area contributed by atoms with Crippen LogP contribution < -0.4 is 20.5 Å². The van der Waals surface area contributed by atoms with Crippen LogP contribution in [0.2, 0.25) is 0 Å². The molecule has 0 radical (unpaired) electrons. The summed E-state index contributed by atoms with van der Waals surface area (Å²) in [6, 6.07) is 7.21. The molecule has 2 heterocycles. The number of amides is 1. The Balaban J connectivity index is 1.82. The van der Waals surface area contributed by atoms with E-state index >= 15 is 0 Å². The number of hydrogen-bond donors (Lipinski definition) is 3. The molecule has 2 aromatic rings. The van der Waals surface area contributed by atoms with E-state index < -0.39 is 18.4 Å². The van der Waals surface area contributed by atoms with Gasteiger partial charge < -0.3 is 25.6 Å². The SMILES string of the molecule is CCOc1cc2c(c3c1OC(C)(C)C3)C(c1ccc(C(=O)NCC(=O)O)c(N)c1)=NC(C)(C)C2. The van der Waals surface area contributed by atoms with E-state index in [1.807, 2.05) is 6.92 Å². The number of nitrogens with one attached hydrogen (secondary N) is 1. The Hall–Kier alpha value is -3.55. The summed E-state index contributed by atoms with van der Waals surface area (Å²) in [7, 11) is 0. The smallest absolute Gasteiger partial charge is 0.322 e. The van der Waals surface area contributed by atoms with Crippen LogP contribution in [0.1, 0.15) is 67.2 Å². The summed E-state index contributed by atoms with van der Waals surface area (Å²) in [4.78, 5) is 28.2. The summed E-state index contributed by atoms with van der Waals surface area (Å²) in [5, 5.41) is 11.2. The second kappa shape index (κ2) is 8.34. The van der Waals surface area contributed by atoms with E-state index in [1.165, 1.54) is 0 Å². The zero-order chi connectivity index (χ0) is 24.8. The monoisotopic (exact) mass is 465 g/mol. The van der Waals surface area contributed by atoms with E-state index in [1.54, 1.807) is 18.2 Å². The van der Waals surface area contributed by atoms with E-state index in [4.69, 9.17) is 25.3 Å². The van der Waals surface area contributed by atoms with Crippen LogP contribution in [0.3, 0.4) is 0 Å². The molecule has 8 nitrogen and oxygen atoms in total. The van der Waals surface area contributed by atoms with E-state index in [2.05, 4.69) is 39.1 Å². The minimum atomic E-state index is -1.12. The van der Waals surface area contributed by atoms with Gasteiger partial charge in [0.1, 0.15) is 12.1 Å². The number of carbonyl (C=O) groups is 2. The second-order valence-corrected chi connectivity index (χ2v) is 10.0. The molecule has 34 heavy (non-hydrogen) atoms. The molecule has 8 heteroatoms. The molecule has 0 atom stereocenters. The Morgan fingerprint density at radius 2 is 1.94 bits per heavy atom. The first-order valence-corrected chi connectivity index (χ1v) is 11.4. The third-order valence-corrected chi connectivity index (χ3v) is 5.95. The molecule has 0 saturated heterocycles. The Morgan fingerprint density at radius 3 is 2.59 bits per heavy atom. The summed E-state index contributed by atoms with van der Waals surface area (Å²) < 4.78 is 12.2. The molecule has 0 saturated carbocycles. The molecule has 2 aliphatic rings. The number of ether oxygens (including phenoxy) is 2. The van der Waals surface area contributed by atoms with Gasteiger partial charge in [-0.3, -0.25) is 14.6 Å². The van der Waals surface area contributed by atoms with Gasteiger partial charge in [0.2, 0.25) is 0 Å². The summed E-state index contributed by atoms with van der Waals surface area (Å²) >= 11 is 0. The fourth-order valence-electron chi connectivity index (χ4n) is 4.71. The van der Waals surface area contributed by atoms with E-state index in [-0.39, 0.29) is 22.4 Å². The van der Waals surface area contributed by atoms with Gasteiger partial charge in [-0.05, 0) is 64.8 Å². The molecule has 4 N–H and O–H groups in total. The molecule has 4 rings (SSSR count). The van der Waals surface area contributed by atoms with Gasteiger partial charge in [-0.1, -0.05) is 6.07 Å².